The molecule has 0 bridgehead atoms. The van der Waals surface area contributed by atoms with Crippen molar-refractivity contribution < 1.29 is 19.8 Å². The highest BCUT2D eigenvalue weighted by atomic mass is 16.4. The number of carbonyl (C=O) groups is 2. The highest BCUT2D eigenvalue weighted by Gasteiger charge is 2.31. The number of rotatable bonds is 7. The molecule has 0 aromatic heterocycles. The van der Waals surface area contributed by atoms with Crippen LogP contribution in [0.4, 0.5) is 0 Å². The molecule has 0 aromatic carbocycles. The minimum absolute atomic E-state index is 0.0871. The molecule has 0 aliphatic heterocycles. The van der Waals surface area contributed by atoms with Crippen LogP contribution in [0.25, 0.3) is 0 Å². The van der Waals surface area contributed by atoms with Crippen molar-refractivity contribution in [1.29, 1.82) is 0 Å². The number of carboxylic acids is 1. The minimum Gasteiger partial charge on any atom is -0.481 e. The van der Waals surface area contributed by atoms with E-state index in [-0.39, 0.29) is 25.5 Å². The van der Waals surface area contributed by atoms with Gasteiger partial charge in [0.25, 0.3) is 0 Å². The van der Waals surface area contributed by atoms with Crippen molar-refractivity contribution in [3.63, 3.8) is 0 Å². The van der Waals surface area contributed by atoms with E-state index in [1.54, 1.807) is 6.08 Å². The zero-order chi connectivity index (χ0) is 12.8. The van der Waals surface area contributed by atoms with Crippen LogP contribution in [0.3, 0.4) is 0 Å². The molecule has 0 heterocycles. The lowest BCUT2D eigenvalue weighted by atomic mass is 9.89. The molecule has 0 aromatic rings. The first-order valence-electron chi connectivity index (χ1n) is 5.08. The SMILES string of the molecule is C=CCN(CCO)C(=O)CC(C)(C)C(=O)O. The number of nitrogens with zero attached hydrogens (tertiary/aromatic N) is 1. The van der Waals surface area contributed by atoms with Gasteiger partial charge in [-0.25, -0.2) is 0 Å². The molecule has 1 amide bonds. The second kappa shape index (κ2) is 6.27. The summed E-state index contributed by atoms with van der Waals surface area (Å²) in [6.07, 6.45) is 1.46. The van der Waals surface area contributed by atoms with Crippen LogP contribution in [0, 0.1) is 5.41 Å². The van der Waals surface area contributed by atoms with Crippen LogP contribution >= 0.6 is 0 Å². The minimum atomic E-state index is -1.09. The van der Waals surface area contributed by atoms with Crippen LogP contribution in [0.15, 0.2) is 12.7 Å². The number of carboxylic acid groups (broad SMARTS) is 1. The summed E-state index contributed by atoms with van der Waals surface area (Å²) in [7, 11) is 0. The molecule has 92 valence electrons. The van der Waals surface area contributed by atoms with Crippen LogP contribution < -0.4 is 0 Å². The van der Waals surface area contributed by atoms with E-state index in [9.17, 15) is 9.59 Å². The van der Waals surface area contributed by atoms with Gasteiger partial charge in [-0.2, -0.15) is 0 Å². The summed E-state index contributed by atoms with van der Waals surface area (Å²) in [5.41, 5.74) is -1.09. The number of carbonyl (C=O) groups excluding carboxylic acids is 1. The van der Waals surface area contributed by atoms with E-state index in [1.165, 1.54) is 18.7 Å². The molecule has 0 atom stereocenters. The summed E-state index contributed by atoms with van der Waals surface area (Å²) in [6, 6.07) is 0. The van der Waals surface area contributed by atoms with Gasteiger partial charge in [0.1, 0.15) is 0 Å². The molecule has 0 rings (SSSR count). The van der Waals surface area contributed by atoms with Crippen LogP contribution in [-0.4, -0.2) is 46.7 Å². The molecule has 5 heteroatoms. The van der Waals surface area contributed by atoms with Crippen molar-refractivity contribution in [2.24, 2.45) is 5.41 Å². The second-order valence-electron chi connectivity index (χ2n) is 4.22. The van der Waals surface area contributed by atoms with Gasteiger partial charge >= 0.3 is 5.97 Å². The van der Waals surface area contributed by atoms with Crippen LogP contribution in [0.1, 0.15) is 20.3 Å². The molecule has 16 heavy (non-hydrogen) atoms. The molecule has 5 nitrogen and oxygen atoms in total. The smallest absolute Gasteiger partial charge is 0.309 e. The molecule has 0 saturated heterocycles. The molecular formula is C11H19NO4. The summed E-state index contributed by atoms with van der Waals surface area (Å²) in [5.74, 6) is -1.30. The van der Waals surface area contributed by atoms with Gasteiger partial charge in [-0.05, 0) is 13.8 Å². The van der Waals surface area contributed by atoms with Gasteiger partial charge < -0.3 is 15.1 Å². The largest absolute Gasteiger partial charge is 0.481 e. The maximum absolute atomic E-state index is 11.7. The zero-order valence-electron chi connectivity index (χ0n) is 9.77. The van der Waals surface area contributed by atoms with Crippen molar-refractivity contribution in [1.82, 2.24) is 4.90 Å². The van der Waals surface area contributed by atoms with E-state index >= 15 is 0 Å². The lowest BCUT2D eigenvalue weighted by molar-refractivity contribution is -0.151. The Morgan fingerprint density at radius 2 is 2.00 bits per heavy atom. The van der Waals surface area contributed by atoms with E-state index in [4.69, 9.17) is 10.2 Å². The molecule has 0 spiro atoms. The number of hydrogen-bond acceptors (Lipinski definition) is 3. The van der Waals surface area contributed by atoms with Crippen molar-refractivity contribution in [2.75, 3.05) is 19.7 Å². The zero-order valence-corrected chi connectivity index (χ0v) is 9.77. The lowest BCUT2D eigenvalue weighted by Gasteiger charge is -2.25. The lowest BCUT2D eigenvalue weighted by Crippen LogP contribution is -2.38. The first-order valence-corrected chi connectivity index (χ1v) is 5.08. The van der Waals surface area contributed by atoms with E-state index in [0.29, 0.717) is 6.54 Å². The van der Waals surface area contributed by atoms with Gasteiger partial charge in [0.2, 0.25) is 5.91 Å². The van der Waals surface area contributed by atoms with Crippen LogP contribution in [0.5, 0.6) is 0 Å². The summed E-state index contributed by atoms with van der Waals surface area (Å²) in [6.45, 7) is 6.87. The van der Waals surface area contributed by atoms with Crippen molar-refractivity contribution >= 4 is 11.9 Å². The average molecular weight is 229 g/mol. The molecule has 0 saturated carbocycles. The Labute approximate surface area is 95.4 Å². The van der Waals surface area contributed by atoms with Crippen molar-refractivity contribution in [3.05, 3.63) is 12.7 Å². The number of aliphatic carboxylic acids is 1. The van der Waals surface area contributed by atoms with Crippen molar-refractivity contribution in [3.8, 4) is 0 Å². The van der Waals surface area contributed by atoms with Gasteiger partial charge in [0, 0.05) is 19.5 Å². The normalized spacial score (nSPS) is 10.9. The summed E-state index contributed by atoms with van der Waals surface area (Å²) in [5, 5.41) is 17.7. The molecule has 0 aliphatic rings. The fraction of sp³-hybridized carbons (Fsp3) is 0.636. The van der Waals surface area contributed by atoms with Crippen molar-refractivity contribution in [2.45, 2.75) is 20.3 Å². The topological polar surface area (TPSA) is 77.8 Å². The highest BCUT2D eigenvalue weighted by Crippen LogP contribution is 2.21. The molecule has 2 N–H and O–H groups in total. The number of amides is 1. The number of aliphatic hydroxyl groups excluding tert-OH is 1. The molecule has 0 radical (unpaired) electrons. The quantitative estimate of drug-likeness (QED) is 0.623. The van der Waals surface area contributed by atoms with Gasteiger partial charge in [-0.15, -0.1) is 6.58 Å². The Morgan fingerprint density at radius 3 is 2.38 bits per heavy atom. The fourth-order valence-electron chi connectivity index (χ4n) is 1.16. The predicted octanol–water partition coefficient (Wildman–Crippen LogP) is 0.494. The predicted molar refractivity (Wildman–Crippen MR) is 59.9 cm³/mol. The van der Waals surface area contributed by atoms with E-state index in [0.717, 1.165) is 0 Å². The van der Waals surface area contributed by atoms with Gasteiger partial charge in [-0.3, -0.25) is 9.59 Å². The number of hydrogen-bond donors (Lipinski definition) is 2. The Kier molecular flexibility index (Phi) is 5.74. The third-order valence-electron chi connectivity index (χ3n) is 2.24. The van der Waals surface area contributed by atoms with Gasteiger partial charge in [-0.1, -0.05) is 6.08 Å². The Hall–Kier alpha value is -1.36. The molecule has 0 aliphatic carbocycles. The van der Waals surface area contributed by atoms with E-state index in [1.807, 2.05) is 0 Å². The first-order chi connectivity index (χ1) is 7.35. The third kappa shape index (κ3) is 4.44. The second-order valence-corrected chi connectivity index (χ2v) is 4.22. The maximum Gasteiger partial charge on any atom is 0.309 e. The third-order valence-corrected chi connectivity index (χ3v) is 2.24. The summed E-state index contributed by atoms with van der Waals surface area (Å²) in [4.78, 5) is 24.0. The number of aliphatic hydroxyl groups is 1. The van der Waals surface area contributed by atoms with Gasteiger partial charge in [0.15, 0.2) is 0 Å². The van der Waals surface area contributed by atoms with E-state index < -0.39 is 11.4 Å². The fourth-order valence-corrected chi connectivity index (χ4v) is 1.16. The standard InChI is InChI=1S/C11H19NO4/c1-4-5-12(6-7-13)9(14)8-11(2,3)10(15)16/h4,13H,1,5-8H2,2-3H3,(H,15,16). The Morgan fingerprint density at radius 1 is 1.44 bits per heavy atom. The van der Waals surface area contributed by atoms with Crippen LogP contribution in [0.2, 0.25) is 0 Å². The molecular weight excluding hydrogens is 210 g/mol. The highest BCUT2D eigenvalue weighted by molar-refractivity contribution is 5.84. The maximum atomic E-state index is 11.7. The Bertz CT molecular complexity index is 273. The monoisotopic (exact) mass is 229 g/mol. The molecule has 0 unspecified atom stereocenters. The summed E-state index contributed by atoms with van der Waals surface area (Å²) >= 11 is 0. The van der Waals surface area contributed by atoms with Crippen LogP contribution in [-0.2, 0) is 9.59 Å². The Balaban J connectivity index is 4.51. The van der Waals surface area contributed by atoms with Gasteiger partial charge in [0.05, 0.1) is 12.0 Å². The average Bonchev–Trinajstić information content (AvgIpc) is 2.16. The molecule has 0 fully saturated rings. The summed E-state index contributed by atoms with van der Waals surface area (Å²) < 4.78 is 0. The first kappa shape index (κ1) is 14.6. The van der Waals surface area contributed by atoms with E-state index in [2.05, 4.69) is 6.58 Å².